The molecule has 4 saturated carbocycles. The average molecular weight is 402 g/mol. The van der Waals surface area contributed by atoms with Crippen LogP contribution in [-0.2, 0) is 4.79 Å². The lowest BCUT2D eigenvalue weighted by Gasteiger charge is -2.56. The summed E-state index contributed by atoms with van der Waals surface area (Å²) in [6.45, 7) is 0. The number of amides is 1. The van der Waals surface area contributed by atoms with E-state index in [-0.39, 0.29) is 23.0 Å². The van der Waals surface area contributed by atoms with Crippen LogP contribution in [0.15, 0.2) is 29.4 Å². The molecule has 0 unspecified atom stereocenters. The highest BCUT2D eigenvalue weighted by atomic mass is 32.2. The van der Waals surface area contributed by atoms with E-state index >= 15 is 0 Å². The van der Waals surface area contributed by atoms with E-state index in [1.54, 1.807) is 12.1 Å². The van der Waals surface area contributed by atoms with Crippen LogP contribution in [0.5, 0.6) is 0 Å². The van der Waals surface area contributed by atoms with Gasteiger partial charge in [0.1, 0.15) is 5.82 Å². The van der Waals surface area contributed by atoms with Crippen molar-refractivity contribution in [2.75, 3.05) is 11.6 Å². The van der Waals surface area contributed by atoms with Crippen LogP contribution in [0.3, 0.4) is 0 Å². The van der Waals surface area contributed by atoms with E-state index in [1.165, 1.54) is 47.8 Å². The molecule has 148 valence electrons. The molecule has 2 aromatic rings. The van der Waals surface area contributed by atoms with Crippen molar-refractivity contribution in [3.63, 3.8) is 0 Å². The van der Waals surface area contributed by atoms with Gasteiger partial charge in [-0.15, -0.1) is 10.2 Å². The molecule has 4 aliphatic rings. The van der Waals surface area contributed by atoms with E-state index in [1.807, 2.05) is 0 Å². The molecule has 4 fully saturated rings. The zero-order chi connectivity index (χ0) is 19.3. The third-order valence-corrected chi connectivity index (χ3v) is 7.47. The van der Waals surface area contributed by atoms with Crippen molar-refractivity contribution in [2.45, 2.75) is 49.2 Å². The van der Waals surface area contributed by atoms with Crippen LogP contribution in [0.25, 0.3) is 11.4 Å². The van der Waals surface area contributed by atoms with Gasteiger partial charge in [0.25, 0.3) is 0 Å². The van der Waals surface area contributed by atoms with Crippen LogP contribution in [0, 0.1) is 23.6 Å². The quantitative estimate of drug-likeness (QED) is 0.594. The average Bonchev–Trinajstić information content (AvgIpc) is 2.99. The van der Waals surface area contributed by atoms with Gasteiger partial charge in [0.2, 0.25) is 11.1 Å². The molecule has 3 N–H and O–H groups in total. The standard InChI is InChI=1S/C20H24FN5OS/c21-16-3-1-2-15(7-16)18-24-25-19(26(18)22)28-11-17(27)23-20-8-12-4-13(9-20)6-14(5-12)10-20/h1-3,7,12-14H,4-6,8-11,22H2,(H,23,27). The van der Waals surface area contributed by atoms with Gasteiger partial charge in [-0.25, -0.2) is 9.07 Å². The van der Waals surface area contributed by atoms with Gasteiger partial charge in [-0.1, -0.05) is 23.9 Å². The highest BCUT2D eigenvalue weighted by molar-refractivity contribution is 7.99. The number of nitrogen functional groups attached to an aromatic ring is 1. The molecule has 0 spiro atoms. The van der Waals surface area contributed by atoms with Crippen LogP contribution in [0.4, 0.5) is 4.39 Å². The van der Waals surface area contributed by atoms with Crippen LogP contribution in [-0.4, -0.2) is 32.1 Å². The fourth-order valence-electron chi connectivity index (χ4n) is 5.93. The Morgan fingerprint density at radius 2 is 1.89 bits per heavy atom. The Morgan fingerprint density at radius 3 is 2.54 bits per heavy atom. The second-order valence-corrected chi connectivity index (χ2v) is 9.66. The number of thioether (sulfide) groups is 1. The Morgan fingerprint density at radius 1 is 1.21 bits per heavy atom. The minimum atomic E-state index is -0.357. The molecule has 28 heavy (non-hydrogen) atoms. The fourth-order valence-corrected chi connectivity index (χ4v) is 6.58. The third kappa shape index (κ3) is 3.27. The molecule has 4 bridgehead atoms. The molecule has 6 nitrogen and oxygen atoms in total. The van der Waals surface area contributed by atoms with E-state index < -0.39 is 0 Å². The van der Waals surface area contributed by atoms with Gasteiger partial charge < -0.3 is 11.2 Å². The van der Waals surface area contributed by atoms with Crippen LogP contribution in [0.2, 0.25) is 0 Å². The molecular weight excluding hydrogens is 377 g/mol. The lowest BCUT2D eigenvalue weighted by molar-refractivity contribution is -0.124. The summed E-state index contributed by atoms with van der Waals surface area (Å²) in [5.41, 5.74) is 0.565. The van der Waals surface area contributed by atoms with E-state index in [0.717, 1.165) is 37.0 Å². The summed E-state index contributed by atoms with van der Waals surface area (Å²) in [5.74, 6) is 8.75. The first kappa shape index (κ1) is 18.0. The van der Waals surface area contributed by atoms with Gasteiger partial charge in [0.05, 0.1) is 5.75 Å². The van der Waals surface area contributed by atoms with Gasteiger partial charge in [-0.2, -0.15) is 0 Å². The molecule has 0 saturated heterocycles. The van der Waals surface area contributed by atoms with Crippen molar-refractivity contribution in [3.05, 3.63) is 30.1 Å². The number of nitrogens with two attached hydrogens (primary N) is 1. The molecular formula is C20H24FN5OS. The zero-order valence-electron chi connectivity index (χ0n) is 15.6. The van der Waals surface area contributed by atoms with Crippen LogP contribution < -0.4 is 11.2 Å². The number of hydrogen-bond donors (Lipinski definition) is 2. The largest absolute Gasteiger partial charge is 0.350 e. The van der Waals surface area contributed by atoms with Gasteiger partial charge in [-0.3, -0.25) is 4.79 Å². The normalized spacial score (nSPS) is 30.5. The second-order valence-electron chi connectivity index (χ2n) is 8.72. The molecule has 1 aromatic heterocycles. The lowest BCUT2D eigenvalue weighted by Crippen LogP contribution is -2.60. The highest BCUT2D eigenvalue weighted by Gasteiger charge is 2.51. The zero-order valence-corrected chi connectivity index (χ0v) is 16.4. The Labute approximate surface area is 167 Å². The van der Waals surface area contributed by atoms with Gasteiger partial charge >= 0.3 is 0 Å². The highest BCUT2D eigenvalue weighted by Crippen LogP contribution is 2.55. The summed E-state index contributed by atoms with van der Waals surface area (Å²) < 4.78 is 14.8. The number of carbonyl (C=O) groups excluding carboxylic acids is 1. The summed E-state index contributed by atoms with van der Waals surface area (Å²) in [6, 6.07) is 6.06. The monoisotopic (exact) mass is 401 g/mol. The van der Waals surface area contributed by atoms with E-state index in [4.69, 9.17) is 5.84 Å². The Kier molecular flexibility index (Phi) is 4.34. The summed E-state index contributed by atoms with van der Waals surface area (Å²) in [5, 5.41) is 11.9. The first-order valence-corrected chi connectivity index (χ1v) is 10.9. The molecule has 1 aromatic carbocycles. The summed E-state index contributed by atoms with van der Waals surface area (Å²) >= 11 is 1.26. The summed E-state index contributed by atoms with van der Waals surface area (Å²) in [4.78, 5) is 12.7. The Balaban J connectivity index is 1.23. The fraction of sp³-hybridized carbons (Fsp3) is 0.550. The van der Waals surface area contributed by atoms with Crippen molar-refractivity contribution in [3.8, 4) is 11.4 Å². The predicted molar refractivity (Wildman–Crippen MR) is 105 cm³/mol. The van der Waals surface area contributed by atoms with Crippen molar-refractivity contribution in [1.82, 2.24) is 20.2 Å². The Bertz CT molecular complexity index is 878. The van der Waals surface area contributed by atoms with Gasteiger partial charge in [-0.05, 0) is 68.4 Å². The number of halogens is 1. The number of benzene rings is 1. The number of nitrogens with one attached hydrogen (secondary N) is 1. The molecule has 0 aliphatic heterocycles. The Hall–Kier alpha value is -2.09. The first-order chi connectivity index (χ1) is 13.5. The van der Waals surface area contributed by atoms with Gasteiger partial charge in [0, 0.05) is 11.1 Å². The van der Waals surface area contributed by atoms with Crippen LogP contribution >= 0.6 is 11.8 Å². The lowest BCUT2D eigenvalue weighted by atomic mass is 9.53. The topological polar surface area (TPSA) is 85.8 Å². The number of rotatable bonds is 5. The maximum absolute atomic E-state index is 13.4. The maximum atomic E-state index is 13.4. The van der Waals surface area contributed by atoms with E-state index in [0.29, 0.717) is 16.5 Å². The van der Waals surface area contributed by atoms with E-state index in [9.17, 15) is 9.18 Å². The number of hydrogen-bond acceptors (Lipinski definition) is 5. The predicted octanol–water partition coefficient (Wildman–Crippen LogP) is 2.98. The number of aromatic nitrogens is 3. The molecule has 0 radical (unpaired) electrons. The number of nitrogens with zero attached hydrogens (tertiary/aromatic N) is 3. The SMILES string of the molecule is Nn1c(SCC(=O)NC23CC4CC(CC(C4)C2)C3)nnc1-c1cccc(F)c1. The second kappa shape index (κ2) is 6.76. The maximum Gasteiger partial charge on any atom is 0.230 e. The van der Waals surface area contributed by atoms with Crippen molar-refractivity contribution < 1.29 is 9.18 Å². The third-order valence-electron chi connectivity index (χ3n) is 6.52. The smallest absolute Gasteiger partial charge is 0.230 e. The molecule has 8 heteroatoms. The van der Waals surface area contributed by atoms with Crippen molar-refractivity contribution in [1.29, 1.82) is 0 Å². The molecule has 1 heterocycles. The van der Waals surface area contributed by atoms with Crippen molar-refractivity contribution in [2.24, 2.45) is 17.8 Å². The molecule has 6 rings (SSSR count). The minimum absolute atomic E-state index is 0.00943. The minimum Gasteiger partial charge on any atom is -0.350 e. The summed E-state index contributed by atoms with van der Waals surface area (Å²) in [7, 11) is 0. The molecule has 4 aliphatic carbocycles. The molecule has 0 atom stereocenters. The first-order valence-electron chi connectivity index (χ1n) is 9.90. The van der Waals surface area contributed by atoms with Crippen molar-refractivity contribution >= 4 is 17.7 Å². The van der Waals surface area contributed by atoms with Crippen LogP contribution in [0.1, 0.15) is 38.5 Å². The van der Waals surface area contributed by atoms with E-state index in [2.05, 4.69) is 15.5 Å². The number of carbonyl (C=O) groups is 1. The molecule has 1 amide bonds. The van der Waals surface area contributed by atoms with Gasteiger partial charge in [0.15, 0.2) is 5.82 Å². The summed E-state index contributed by atoms with van der Waals surface area (Å²) in [6.07, 6.45) is 7.44.